The van der Waals surface area contributed by atoms with Gasteiger partial charge in [-0.1, -0.05) is 12.8 Å². The van der Waals surface area contributed by atoms with E-state index in [9.17, 15) is 4.79 Å². The number of ether oxygens (including phenoxy) is 2. The smallest absolute Gasteiger partial charge is 0.222 e. The molecule has 7 nitrogen and oxygen atoms in total. The lowest BCUT2D eigenvalue weighted by atomic mass is 9.99. The molecule has 0 aromatic carbocycles. The Bertz CT molecular complexity index is 844. The van der Waals surface area contributed by atoms with Crippen molar-refractivity contribution in [2.45, 2.75) is 63.5 Å². The average molecular weight is 401 g/mol. The molecule has 0 bridgehead atoms. The Hall–Kier alpha value is -1.99. The van der Waals surface area contributed by atoms with E-state index in [2.05, 4.69) is 16.5 Å². The van der Waals surface area contributed by atoms with Crippen molar-refractivity contribution < 1.29 is 14.3 Å². The summed E-state index contributed by atoms with van der Waals surface area (Å²) in [6, 6.07) is 4.04. The van der Waals surface area contributed by atoms with Gasteiger partial charge in [0, 0.05) is 39.2 Å². The van der Waals surface area contributed by atoms with Gasteiger partial charge in [0.15, 0.2) is 5.65 Å². The monoisotopic (exact) mass is 400 g/mol. The number of carbonyl (C=O) groups excluding carboxylic acids is 1. The molecule has 2 aliphatic rings. The van der Waals surface area contributed by atoms with Crippen molar-refractivity contribution in [3.8, 4) is 0 Å². The number of hydrogen-bond donors (Lipinski definition) is 0. The molecular formula is C22H32N4O3. The molecule has 1 amide bonds. The van der Waals surface area contributed by atoms with Crippen molar-refractivity contribution in [2.75, 3.05) is 33.4 Å². The lowest BCUT2D eigenvalue weighted by molar-refractivity contribution is -0.149. The number of hydrogen-bond acceptors (Lipinski definition) is 5. The molecule has 1 saturated carbocycles. The van der Waals surface area contributed by atoms with Gasteiger partial charge < -0.3 is 18.9 Å². The average Bonchev–Trinajstić information content (AvgIpc) is 3.32. The Morgan fingerprint density at radius 2 is 2.21 bits per heavy atom. The van der Waals surface area contributed by atoms with Crippen LogP contribution in [0, 0.1) is 0 Å². The number of aromatic nitrogens is 3. The van der Waals surface area contributed by atoms with E-state index in [1.54, 1.807) is 13.3 Å². The maximum absolute atomic E-state index is 12.8. The molecule has 2 aromatic heterocycles. The quantitative estimate of drug-likeness (QED) is 0.714. The maximum Gasteiger partial charge on any atom is 0.222 e. The molecule has 0 radical (unpaired) electrons. The van der Waals surface area contributed by atoms with Crippen molar-refractivity contribution in [1.29, 1.82) is 0 Å². The minimum Gasteiger partial charge on any atom is -0.383 e. The van der Waals surface area contributed by atoms with E-state index in [1.807, 2.05) is 17.0 Å². The Balaban J connectivity index is 1.39. The first kappa shape index (κ1) is 20.3. The summed E-state index contributed by atoms with van der Waals surface area (Å²) in [5.74, 6) is 1.22. The second-order valence-corrected chi connectivity index (χ2v) is 8.46. The summed E-state index contributed by atoms with van der Waals surface area (Å²) in [6.45, 7) is 4.86. The fourth-order valence-electron chi connectivity index (χ4n) is 4.87. The predicted octanol–water partition coefficient (Wildman–Crippen LogP) is 3.13. The number of amides is 1. The number of imidazole rings is 1. The van der Waals surface area contributed by atoms with Crippen molar-refractivity contribution >= 4 is 17.1 Å². The highest BCUT2D eigenvalue weighted by Gasteiger charge is 2.40. The minimum atomic E-state index is -0.0663. The number of fused-ring (bicyclic) bond motifs is 1. The third kappa shape index (κ3) is 4.31. The highest BCUT2D eigenvalue weighted by atomic mass is 16.5. The molecule has 1 aliphatic heterocycles. The number of methoxy groups -OCH3 is 1. The van der Waals surface area contributed by atoms with E-state index < -0.39 is 0 Å². The van der Waals surface area contributed by atoms with Gasteiger partial charge in [0.25, 0.3) is 0 Å². The number of morpholine rings is 1. The van der Waals surface area contributed by atoms with Crippen molar-refractivity contribution in [3.05, 3.63) is 24.2 Å². The second-order valence-electron chi connectivity index (χ2n) is 8.46. The molecule has 2 fully saturated rings. The molecule has 4 rings (SSSR count). The van der Waals surface area contributed by atoms with Gasteiger partial charge in [-0.3, -0.25) is 4.79 Å². The van der Waals surface area contributed by atoms with E-state index in [1.165, 1.54) is 12.8 Å². The number of aryl methyl sites for hydroxylation is 1. The molecule has 1 unspecified atom stereocenters. The van der Waals surface area contributed by atoms with Gasteiger partial charge in [0.2, 0.25) is 5.91 Å². The van der Waals surface area contributed by atoms with Crippen molar-refractivity contribution in [1.82, 2.24) is 19.4 Å². The molecule has 29 heavy (non-hydrogen) atoms. The molecule has 7 heteroatoms. The summed E-state index contributed by atoms with van der Waals surface area (Å²) in [5.41, 5.74) is 1.71. The topological polar surface area (TPSA) is 69.5 Å². The lowest BCUT2D eigenvalue weighted by Crippen LogP contribution is -2.52. The van der Waals surface area contributed by atoms with E-state index >= 15 is 0 Å². The van der Waals surface area contributed by atoms with E-state index in [4.69, 9.17) is 14.5 Å². The standard InChI is InChI=1S/C22H32N4O3/c1-17(15-28-2)26-19(24-18-7-6-12-23-21(18)26)8-5-9-20(27)25-13-14-29-22(16-25)10-3-4-11-22/h6-7,12,17H,3-5,8-11,13-16H2,1-2H3. The number of pyridine rings is 1. The largest absolute Gasteiger partial charge is 0.383 e. The predicted molar refractivity (Wildman–Crippen MR) is 111 cm³/mol. The Morgan fingerprint density at radius 1 is 1.38 bits per heavy atom. The summed E-state index contributed by atoms with van der Waals surface area (Å²) in [6.07, 6.45) is 8.49. The van der Waals surface area contributed by atoms with Gasteiger partial charge in [0.05, 0.1) is 24.9 Å². The molecule has 1 spiro atoms. The Labute approximate surface area is 172 Å². The van der Waals surface area contributed by atoms with Crippen LogP contribution in [0.3, 0.4) is 0 Å². The highest BCUT2D eigenvalue weighted by Crippen LogP contribution is 2.36. The van der Waals surface area contributed by atoms with Crippen LogP contribution in [0.15, 0.2) is 18.3 Å². The number of carbonyl (C=O) groups is 1. The fraction of sp³-hybridized carbons (Fsp3) is 0.682. The maximum atomic E-state index is 12.8. The van der Waals surface area contributed by atoms with Gasteiger partial charge in [-0.25, -0.2) is 9.97 Å². The first-order chi connectivity index (χ1) is 14.1. The first-order valence-electron chi connectivity index (χ1n) is 10.8. The first-order valence-corrected chi connectivity index (χ1v) is 10.8. The fourth-order valence-corrected chi connectivity index (χ4v) is 4.87. The summed E-state index contributed by atoms with van der Waals surface area (Å²) >= 11 is 0. The molecule has 158 valence electrons. The zero-order valence-corrected chi connectivity index (χ0v) is 17.6. The van der Waals surface area contributed by atoms with Gasteiger partial charge in [0.1, 0.15) is 11.3 Å². The van der Waals surface area contributed by atoms with Crippen LogP contribution in [0.5, 0.6) is 0 Å². The lowest BCUT2D eigenvalue weighted by Gasteiger charge is -2.40. The van der Waals surface area contributed by atoms with Crippen molar-refractivity contribution in [2.24, 2.45) is 0 Å². The second kappa shape index (κ2) is 8.79. The van der Waals surface area contributed by atoms with Gasteiger partial charge in [-0.05, 0) is 38.3 Å². The summed E-state index contributed by atoms with van der Waals surface area (Å²) in [4.78, 5) is 24.2. The molecule has 1 aliphatic carbocycles. The molecule has 2 aromatic rings. The molecule has 3 heterocycles. The molecule has 1 saturated heterocycles. The number of nitrogens with zero attached hydrogens (tertiary/aromatic N) is 4. The van der Waals surface area contributed by atoms with Crippen LogP contribution in [0.1, 0.15) is 57.3 Å². The third-order valence-corrected chi connectivity index (χ3v) is 6.28. The molecular weight excluding hydrogens is 368 g/mol. The van der Waals surface area contributed by atoms with Gasteiger partial charge in [-0.15, -0.1) is 0 Å². The van der Waals surface area contributed by atoms with E-state index in [0.717, 1.165) is 49.2 Å². The molecule has 1 atom stereocenters. The Morgan fingerprint density at radius 3 is 3.00 bits per heavy atom. The summed E-state index contributed by atoms with van der Waals surface area (Å²) < 4.78 is 13.6. The SMILES string of the molecule is COCC(C)n1c(CCCC(=O)N2CCOC3(CCCC3)C2)nc2cccnc21. The van der Waals surface area contributed by atoms with Crippen LogP contribution in [0.4, 0.5) is 0 Å². The van der Waals surface area contributed by atoms with Gasteiger partial charge >= 0.3 is 0 Å². The zero-order chi connectivity index (χ0) is 20.3. The van der Waals surface area contributed by atoms with Gasteiger partial charge in [-0.2, -0.15) is 0 Å². The van der Waals surface area contributed by atoms with Crippen LogP contribution in [-0.4, -0.2) is 64.4 Å². The Kier molecular flexibility index (Phi) is 6.15. The highest BCUT2D eigenvalue weighted by molar-refractivity contribution is 5.76. The molecule has 0 N–H and O–H groups in total. The summed E-state index contributed by atoms with van der Waals surface area (Å²) in [5, 5.41) is 0. The van der Waals surface area contributed by atoms with Crippen LogP contribution >= 0.6 is 0 Å². The normalized spacial score (nSPS) is 19.9. The van der Waals surface area contributed by atoms with E-state index in [0.29, 0.717) is 26.2 Å². The summed E-state index contributed by atoms with van der Waals surface area (Å²) in [7, 11) is 1.71. The zero-order valence-electron chi connectivity index (χ0n) is 17.6. The van der Waals surface area contributed by atoms with Crippen LogP contribution in [0.2, 0.25) is 0 Å². The van der Waals surface area contributed by atoms with Crippen LogP contribution in [-0.2, 0) is 20.7 Å². The van der Waals surface area contributed by atoms with Crippen molar-refractivity contribution in [3.63, 3.8) is 0 Å². The van der Waals surface area contributed by atoms with Crippen LogP contribution < -0.4 is 0 Å². The minimum absolute atomic E-state index is 0.0663. The number of rotatable bonds is 7. The van der Waals surface area contributed by atoms with Crippen LogP contribution in [0.25, 0.3) is 11.2 Å². The third-order valence-electron chi connectivity index (χ3n) is 6.28. The van der Waals surface area contributed by atoms with E-state index in [-0.39, 0.29) is 17.6 Å².